The van der Waals surface area contributed by atoms with Crippen LogP contribution in [0.1, 0.15) is 174 Å². The molecule has 8 atom stereocenters. The van der Waals surface area contributed by atoms with E-state index >= 15 is 0 Å². The second kappa shape index (κ2) is 51.3. The van der Waals surface area contributed by atoms with E-state index < -0.39 is 18.5 Å². The number of nitrogens with zero attached hydrogens (tertiary/aromatic N) is 4. The van der Waals surface area contributed by atoms with Gasteiger partial charge in [-0.2, -0.15) is 0 Å². The second-order valence-corrected chi connectivity index (χ2v) is 34.3. The van der Waals surface area contributed by atoms with Gasteiger partial charge in [0.05, 0.1) is 24.2 Å². The summed E-state index contributed by atoms with van der Waals surface area (Å²) in [5.41, 5.74) is 13.0. The van der Waals surface area contributed by atoms with Gasteiger partial charge >= 0.3 is 19.3 Å². The number of carbonyl (C=O) groups excluding carboxylic acids is 8. The normalized spacial score (nSPS) is 16.5. The SMILES string of the molecule is C.CC(=O)Cl.CC(=O)N(c1ccc(Cl)cc1)[C@@H]1C[C@H](C)N(C(=O)c2ccc(F)cc2)c2ccccc21.C[C@H]1C[C@@H](NC(=O)OCc2ccccc2)c2ccccc2N1.C[C@H]1C[C@@H](NC(=O)OCc2ccccc2)c2ccccc2N1C(=O)c1ccc(F)cc1.C[C@H]1C[C@@H](Nc2ccc(Cl)cc2)c2ccccc2N1C(=O)c1ccc(F)cc1.O=C(Cl)c1ccc(F)cc1.OB(O)c1ccc(Cl)cc1. The third-order valence-electron chi connectivity index (χ3n) is 22.2. The highest BCUT2D eigenvalue weighted by molar-refractivity contribution is 6.67. The Morgan fingerprint density at radius 3 is 1.13 bits per heavy atom. The molecule has 20 nitrogen and oxygen atoms in total. The van der Waals surface area contributed by atoms with Crippen molar-refractivity contribution in [1.82, 2.24) is 10.6 Å². The Labute approximate surface area is 819 Å². The molecule has 0 aromatic heterocycles. The molecule has 0 unspecified atom stereocenters. The fourth-order valence-electron chi connectivity index (χ4n) is 15.9. The minimum Gasteiger partial charge on any atom is -0.445 e. The van der Waals surface area contributed by atoms with Gasteiger partial charge in [-0.25, -0.2) is 27.2 Å². The van der Waals surface area contributed by atoms with Crippen molar-refractivity contribution in [3.05, 3.63) is 422 Å². The number of alkyl carbamates (subject to hydrolysis) is 2. The van der Waals surface area contributed by atoms with Crippen molar-refractivity contribution < 1.29 is 75.4 Å². The molecule has 4 heterocycles. The lowest BCUT2D eigenvalue weighted by molar-refractivity contribution is -0.117. The molecular formula is C107H102BCl5F4N8O12. The summed E-state index contributed by atoms with van der Waals surface area (Å²) in [6.45, 7) is 11.3. The Balaban J connectivity index is 0.000000174. The van der Waals surface area contributed by atoms with E-state index in [1.807, 2.05) is 220 Å². The molecule has 0 fully saturated rings. The molecular weight excluding hydrogens is 1850 g/mol. The van der Waals surface area contributed by atoms with Crippen molar-refractivity contribution in [2.45, 2.75) is 136 Å². The number of nitrogens with one attached hydrogen (secondary N) is 4. The quantitative estimate of drug-likeness (QED) is 0.0317. The molecule has 0 radical (unpaired) electrons. The predicted octanol–water partition coefficient (Wildman–Crippen LogP) is 24.8. The fourth-order valence-corrected chi connectivity index (χ4v) is 16.4. The van der Waals surface area contributed by atoms with Gasteiger partial charge in [0.2, 0.25) is 11.1 Å². The summed E-state index contributed by atoms with van der Waals surface area (Å²) in [6, 6.07) is 92.7. The summed E-state index contributed by atoms with van der Waals surface area (Å²) in [4.78, 5) is 103. The van der Waals surface area contributed by atoms with Gasteiger partial charge in [0.1, 0.15) is 36.5 Å². The summed E-state index contributed by atoms with van der Waals surface area (Å²) >= 11 is 27.3. The summed E-state index contributed by atoms with van der Waals surface area (Å²) in [7, 11) is -1.41. The minimum atomic E-state index is -1.41. The van der Waals surface area contributed by atoms with Crippen molar-refractivity contribution in [3.63, 3.8) is 0 Å². The van der Waals surface area contributed by atoms with Crippen molar-refractivity contribution in [3.8, 4) is 0 Å². The van der Waals surface area contributed by atoms with Crippen LogP contribution in [0.3, 0.4) is 0 Å². The highest BCUT2D eigenvalue weighted by Crippen LogP contribution is 2.45. The lowest BCUT2D eigenvalue weighted by atomic mass is 9.81. The van der Waals surface area contributed by atoms with E-state index in [1.165, 1.54) is 111 Å². The molecule has 13 aromatic carbocycles. The molecule has 137 heavy (non-hydrogen) atoms. The van der Waals surface area contributed by atoms with E-state index in [-0.39, 0.29) is 121 Å². The van der Waals surface area contributed by atoms with Gasteiger partial charge in [-0.15, -0.1) is 0 Å². The number of halogens is 9. The summed E-state index contributed by atoms with van der Waals surface area (Å²) in [6.07, 6.45) is 1.81. The Hall–Kier alpha value is -13.6. The molecule has 6 amide bonds. The maximum atomic E-state index is 13.3. The number of amides is 6. The molecule has 0 aliphatic carbocycles. The van der Waals surface area contributed by atoms with Crippen LogP contribution in [0.25, 0.3) is 0 Å². The van der Waals surface area contributed by atoms with E-state index in [0.717, 1.165) is 80.3 Å². The van der Waals surface area contributed by atoms with Crippen LogP contribution in [-0.4, -0.2) is 87.6 Å². The van der Waals surface area contributed by atoms with Crippen LogP contribution in [0.5, 0.6) is 0 Å². The summed E-state index contributed by atoms with van der Waals surface area (Å²) in [5, 5.41) is 31.1. The summed E-state index contributed by atoms with van der Waals surface area (Å²) < 4.78 is 62.7. The molecule has 4 aliphatic rings. The zero-order valence-corrected chi connectivity index (χ0v) is 78.6. The van der Waals surface area contributed by atoms with Crippen molar-refractivity contribution in [2.75, 3.05) is 30.2 Å². The van der Waals surface area contributed by atoms with Crippen LogP contribution >= 0.6 is 58.0 Å². The molecule has 13 aromatic rings. The first-order valence-corrected chi connectivity index (χ1v) is 45.3. The summed E-state index contributed by atoms with van der Waals surface area (Å²) in [5.74, 6) is -2.11. The van der Waals surface area contributed by atoms with Crippen molar-refractivity contribution in [1.29, 1.82) is 0 Å². The topological polar surface area (TPSA) is 257 Å². The fraction of sp³-hybridized carbons (Fsp3) is 0.196. The van der Waals surface area contributed by atoms with Crippen LogP contribution in [0.4, 0.5) is 61.3 Å². The zero-order chi connectivity index (χ0) is 97.6. The van der Waals surface area contributed by atoms with Crippen LogP contribution in [0.15, 0.2) is 328 Å². The van der Waals surface area contributed by atoms with E-state index in [4.69, 9.17) is 65.9 Å². The number of hydrogen-bond donors (Lipinski definition) is 6. The number of hydrogen-bond acceptors (Lipinski definition) is 14. The van der Waals surface area contributed by atoms with E-state index in [0.29, 0.717) is 61.7 Å². The van der Waals surface area contributed by atoms with E-state index in [2.05, 4.69) is 39.8 Å². The molecule has 6 N–H and O–H groups in total. The monoisotopic (exact) mass is 1950 g/mol. The molecule has 0 bridgehead atoms. The molecule has 4 aliphatic heterocycles. The third-order valence-corrected chi connectivity index (χ3v) is 23.2. The van der Waals surface area contributed by atoms with Crippen LogP contribution in [0.2, 0.25) is 15.1 Å². The van der Waals surface area contributed by atoms with Gasteiger partial charge in [-0.3, -0.25) is 28.8 Å². The third kappa shape index (κ3) is 30.2. The van der Waals surface area contributed by atoms with Crippen LogP contribution < -0.4 is 46.3 Å². The number of para-hydroxylation sites is 4. The number of ether oxygens (including phenoxy) is 2. The zero-order valence-electron chi connectivity index (χ0n) is 74.8. The minimum absolute atomic E-state index is 0. The van der Waals surface area contributed by atoms with Crippen LogP contribution in [-0.2, 0) is 32.3 Å². The predicted molar refractivity (Wildman–Crippen MR) is 537 cm³/mol. The van der Waals surface area contributed by atoms with Gasteiger partial charge in [-0.05, 0) is 297 Å². The largest absolute Gasteiger partial charge is 0.488 e. The second-order valence-electron chi connectivity index (χ2n) is 32.1. The standard InChI is InChI=1S/C25H22ClFN2O2.C25H23FN2O3.C23H20ClFN2O.C18H20N2O2.C7H4ClFO.C6H6BClO2.C2H3ClO.CH4/c1-16-15-24(29(17(2)30)21-13-9-19(26)10-14-21)22-5-3-4-6-23(22)28(16)25(31)18-7-11-20(27)12-8-18;1-17-15-22(27-25(30)31-16-18-7-3-2-4-8-18)21-9-5-6-10-23(21)28(17)24(29)19-11-13-20(26)14-12-19;1-15-14-21(26-19-12-8-17(24)9-13-19)20-4-2-3-5-22(20)27(15)23(28)16-6-10-18(25)11-7-16;1-13-11-17(15-9-5-6-10-16(15)19-13)20-18(21)22-12-14-7-3-2-4-8-14;8-7(10)5-1-3-6(9)4-2-5;8-6-3-1-5(2-4-6)7(9)10;1-2(3)4;/h3-14,16,24H,15H2,1-2H3;2-14,17,22H,15-16H2,1H3,(H,27,30);2-13,15,21,26H,14H2,1H3;2-10,13,17,19H,11-12H2,1H3,(H,20,21);1-4H;1-4,9-10H;1H3;1H4/t16-,24+;17-,22+;15-,21+;13-,17+;;;;/m0000..../s1. The van der Waals surface area contributed by atoms with E-state index in [9.17, 15) is 55.9 Å². The Kier molecular flexibility index (Phi) is 39.5. The number of fused-ring (bicyclic) bond motifs is 4. The van der Waals surface area contributed by atoms with Gasteiger partial charge in [0.15, 0.2) is 0 Å². The Morgan fingerprint density at radius 1 is 0.401 bits per heavy atom. The number of carbonyl (C=O) groups is 8. The Bertz CT molecular complexity index is 6200. The first-order valence-electron chi connectivity index (χ1n) is 43.4. The maximum Gasteiger partial charge on any atom is 0.488 e. The van der Waals surface area contributed by atoms with E-state index in [1.54, 1.807) is 51.1 Å². The van der Waals surface area contributed by atoms with Gasteiger partial charge in [0, 0.05) is 109 Å². The highest BCUT2D eigenvalue weighted by atomic mass is 35.5. The van der Waals surface area contributed by atoms with Crippen molar-refractivity contribution in [2.24, 2.45) is 0 Å². The van der Waals surface area contributed by atoms with Crippen molar-refractivity contribution >= 4 is 151 Å². The molecule has 30 heteroatoms. The first kappa shape index (κ1) is 105. The van der Waals surface area contributed by atoms with Crippen LogP contribution in [0, 0.1) is 23.3 Å². The highest BCUT2D eigenvalue weighted by Gasteiger charge is 2.40. The average molecular weight is 1960 g/mol. The molecule has 0 spiro atoms. The van der Waals surface area contributed by atoms with Gasteiger partial charge in [-0.1, -0.05) is 188 Å². The number of rotatable bonds is 15. The smallest absolute Gasteiger partial charge is 0.445 e. The molecule has 0 saturated heterocycles. The maximum absolute atomic E-state index is 13.3. The van der Waals surface area contributed by atoms with Gasteiger partial charge in [0.25, 0.3) is 23.0 Å². The average Bonchev–Trinajstić information content (AvgIpc) is 0.758. The van der Waals surface area contributed by atoms with Gasteiger partial charge < -0.3 is 60.4 Å². The lowest BCUT2D eigenvalue weighted by Gasteiger charge is -2.43. The lowest BCUT2D eigenvalue weighted by Crippen LogP contribution is -2.47. The Morgan fingerprint density at radius 2 is 0.730 bits per heavy atom. The molecule has 17 rings (SSSR count). The number of anilines is 6. The molecule has 708 valence electrons. The molecule has 0 saturated carbocycles. The number of benzene rings is 13. The first-order chi connectivity index (χ1) is 65.3.